The van der Waals surface area contributed by atoms with Crippen LogP contribution in [0, 0.1) is 12.8 Å². The molecule has 1 aliphatic carbocycles. The van der Waals surface area contributed by atoms with Crippen LogP contribution in [0.2, 0.25) is 5.02 Å². The zero-order valence-corrected chi connectivity index (χ0v) is 17.5. The molecule has 1 N–H and O–H groups in total. The predicted molar refractivity (Wildman–Crippen MR) is 112 cm³/mol. The lowest BCUT2D eigenvalue weighted by Crippen LogP contribution is -2.34. The van der Waals surface area contributed by atoms with Crippen LogP contribution in [0.4, 0.5) is 5.69 Å². The van der Waals surface area contributed by atoms with E-state index < -0.39 is 6.04 Å². The van der Waals surface area contributed by atoms with Crippen LogP contribution in [0.3, 0.4) is 0 Å². The molecule has 0 bridgehead atoms. The van der Waals surface area contributed by atoms with Crippen LogP contribution in [0.5, 0.6) is 0 Å². The van der Waals surface area contributed by atoms with Gasteiger partial charge >= 0.3 is 0 Å². The number of nitrogens with zero attached hydrogens (tertiary/aromatic N) is 3. The first-order valence-corrected chi connectivity index (χ1v) is 10.5. The first-order chi connectivity index (χ1) is 13.4. The number of halogens is 1. The van der Waals surface area contributed by atoms with Crippen molar-refractivity contribution in [1.29, 1.82) is 0 Å². The second-order valence-corrected chi connectivity index (χ2v) is 8.94. The summed E-state index contributed by atoms with van der Waals surface area (Å²) in [5, 5.41) is 12.3. The average Bonchev–Trinajstić information content (AvgIpc) is 3.03. The van der Waals surface area contributed by atoms with Gasteiger partial charge in [0.15, 0.2) is 4.83 Å². The maximum atomic E-state index is 13.1. The van der Waals surface area contributed by atoms with E-state index in [9.17, 15) is 9.59 Å². The van der Waals surface area contributed by atoms with E-state index in [4.69, 9.17) is 11.6 Å². The average molecular weight is 417 g/mol. The van der Waals surface area contributed by atoms with E-state index in [1.807, 2.05) is 6.92 Å². The molecule has 0 radical (unpaired) electrons. The summed E-state index contributed by atoms with van der Waals surface area (Å²) in [5.74, 6) is 0.278. The van der Waals surface area contributed by atoms with Gasteiger partial charge in [0.25, 0.3) is 5.56 Å². The summed E-state index contributed by atoms with van der Waals surface area (Å²) < 4.78 is 1.18. The van der Waals surface area contributed by atoms with E-state index in [1.165, 1.54) is 9.56 Å². The molecule has 4 rings (SSSR count). The number of benzene rings is 1. The van der Waals surface area contributed by atoms with Gasteiger partial charge in [0.1, 0.15) is 6.04 Å². The highest BCUT2D eigenvalue weighted by Gasteiger charge is 2.26. The lowest BCUT2D eigenvalue weighted by Gasteiger charge is -2.18. The third-order valence-electron chi connectivity index (χ3n) is 5.42. The molecule has 146 valence electrons. The zero-order chi connectivity index (χ0) is 20.0. The van der Waals surface area contributed by atoms with Crippen molar-refractivity contribution in [3.63, 3.8) is 0 Å². The number of amides is 1. The fourth-order valence-electron chi connectivity index (χ4n) is 3.62. The Labute approximate surface area is 171 Å². The third-order valence-corrected chi connectivity index (χ3v) is 6.97. The molecule has 3 aromatic rings. The van der Waals surface area contributed by atoms with Crippen molar-refractivity contribution in [3.05, 3.63) is 49.6 Å². The van der Waals surface area contributed by atoms with E-state index in [1.54, 1.807) is 36.5 Å². The number of nitrogens with one attached hydrogen (secondary N) is 1. The van der Waals surface area contributed by atoms with Crippen molar-refractivity contribution in [2.45, 2.75) is 46.1 Å². The Bertz CT molecular complexity index is 1140. The number of hydrogen-bond donors (Lipinski definition) is 1. The molecule has 1 aliphatic rings. The van der Waals surface area contributed by atoms with Gasteiger partial charge in [-0.05, 0) is 62.3 Å². The summed E-state index contributed by atoms with van der Waals surface area (Å²) in [6.45, 7) is 5.71. The molecular formula is C20H21ClN4O2S. The predicted octanol–water partition coefficient (Wildman–Crippen LogP) is 4.14. The number of carbonyl (C=O) groups excluding carboxylic acids is 1. The highest BCUT2D eigenvalue weighted by atomic mass is 35.5. The highest BCUT2D eigenvalue weighted by Crippen LogP contribution is 2.35. The van der Waals surface area contributed by atoms with Gasteiger partial charge < -0.3 is 5.32 Å². The number of rotatable bonds is 3. The van der Waals surface area contributed by atoms with Gasteiger partial charge in [-0.1, -0.05) is 29.8 Å². The Morgan fingerprint density at radius 1 is 1.43 bits per heavy atom. The van der Waals surface area contributed by atoms with Crippen LogP contribution in [0.25, 0.3) is 10.2 Å². The Kier molecular flexibility index (Phi) is 4.97. The van der Waals surface area contributed by atoms with Crippen molar-refractivity contribution in [1.82, 2.24) is 15.0 Å². The maximum absolute atomic E-state index is 13.1. The van der Waals surface area contributed by atoms with Crippen molar-refractivity contribution in [2.75, 3.05) is 5.32 Å². The van der Waals surface area contributed by atoms with Gasteiger partial charge in [0, 0.05) is 15.6 Å². The van der Waals surface area contributed by atoms with Crippen LogP contribution >= 0.6 is 22.9 Å². The van der Waals surface area contributed by atoms with Gasteiger partial charge in [-0.2, -0.15) is 4.68 Å². The molecule has 2 aromatic heterocycles. The van der Waals surface area contributed by atoms with Crippen LogP contribution in [-0.2, 0) is 17.6 Å². The number of aryl methyl sites for hydroxylation is 1. The molecule has 0 saturated heterocycles. The second-order valence-electron chi connectivity index (χ2n) is 7.45. The standard InChI is InChI=1S/C20H21ClN4O2S/c1-10-7-8-13-16(9-10)28-19-17(13)20(27)25(24-23-19)12(3)18(26)22-15-6-4-5-14(21)11(15)2/h4-6,10,12H,7-9H2,1-3H3,(H,22,26)/t10-,12+/m1/s1. The summed E-state index contributed by atoms with van der Waals surface area (Å²) in [6, 6.07) is 4.52. The zero-order valence-electron chi connectivity index (χ0n) is 16.0. The summed E-state index contributed by atoms with van der Waals surface area (Å²) in [7, 11) is 0. The summed E-state index contributed by atoms with van der Waals surface area (Å²) in [5.41, 5.74) is 2.24. The quantitative estimate of drug-likeness (QED) is 0.696. The van der Waals surface area contributed by atoms with Gasteiger partial charge in [-0.3, -0.25) is 9.59 Å². The van der Waals surface area contributed by atoms with Crippen molar-refractivity contribution >= 4 is 44.7 Å². The van der Waals surface area contributed by atoms with Gasteiger partial charge in [0.05, 0.1) is 5.39 Å². The summed E-state index contributed by atoms with van der Waals surface area (Å²) in [6.07, 6.45) is 2.91. The molecule has 0 aliphatic heterocycles. The number of carbonyl (C=O) groups is 1. The van der Waals surface area contributed by atoms with Crippen molar-refractivity contribution < 1.29 is 4.79 Å². The number of aromatic nitrogens is 3. The molecule has 0 spiro atoms. The number of fused-ring (bicyclic) bond motifs is 3. The molecule has 6 nitrogen and oxygen atoms in total. The van der Waals surface area contributed by atoms with E-state index in [0.717, 1.165) is 30.4 Å². The number of hydrogen-bond acceptors (Lipinski definition) is 5. The Balaban J connectivity index is 1.68. The van der Waals surface area contributed by atoms with Gasteiger partial charge in [0.2, 0.25) is 5.91 Å². The monoisotopic (exact) mass is 416 g/mol. The fraction of sp³-hybridized carbons (Fsp3) is 0.400. The molecule has 0 saturated carbocycles. The minimum atomic E-state index is -0.791. The SMILES string of the molecule is Cc1c(Cl)cccc1NC(=O)[C@H](C)n1nnc2sc3c(c2c1=O)CC[C@@H](C)C3. The molecule has 0 unspecified atom stereocenters. The Morgan fingerprint density at radius 3 is 3.00 bits per heavy atom. The van der Waals surface area contributed by atoms with E-state index in [-0.39, 0.29) is 11.5 Å². The molecule has 1 amide bonds. The summed E-state index contributed by atoms with van der Waals surface area (Å²) >= 11 is 7.67. The molecule has 8 heteroatoms. The third kappa shape index (κ3) is 3.22. The second kappa shape index (κ2) is 7.29. The van der Waals surface area contributed by atoms with Crippen LogP contribution in [0.1, 0.15) is 42.3 Å². The largest absolute Gasteiger partial charge is 0.324 e. The number of anilines is 1. The Hall–Kier alpha value is -2.25. The van der Waals surface area contributed by atoms with E-state index in [0.29, 0.717) is 26.8 Å². The van der Waals surface area contributed by atoms with Crippen LogP contribution in [-0.4, -0.2) is 20.9 Å². The van der Waals surface area contributed by atoms with Crippen LogP contribution < -0.4 is 10.9 Å². The lowest BCUT2D eigenvalue weighted by molar-refractivity contribution is -0.119. The van der Waals surface area contributed by atoms with Crippen molar-refractivity contribution in [2.24, 2.45) is 5.92 Å². The molecule has 0 fully saturated rings. The lowest BCUT2D eigenvalue weighted by atomic mass is 9.89. The highest BCUT2D eigenvalue weighted by molar-refractivity contribution is 7.18. The molecule has 2 heterocycles. The first-order valence-electron chi connectivity index (χ1n) is 9.32. The van der Waals surface area contributed by atoms with Gasteiger partial charge in [-0.15, -0.1) is 16.4 Å². The minimum absolute atomic E-state index is 0.248. The van der Waals surface area contributed by atoms with E-state index in [2.05, 4.69) is 22.6 Å². The van der Waals surface area contributed by atoms with Crippen molar-refractivity contribution in [3.8, 4) is 0 Å². The van der Waals surface area contributed by atoms with Crippen LogP contribution in [0.15, 0.2) is 23.0 Å². The summed E-state index contributed by atoms with van der Waals surface area (Å²) in [4.78, 5) is 27.8. The topological polar surface area (TPSA) is 76.9 Å². The molecule has 2 atom stereocenters. The van der Waals surface area contributed by atoms with E-state index >= 15 is 0 Å². The first kappa shape index (κ1) is 19.1. The maximum Gasteiger partial charge on any atom is 0.279 e. The fourth-order valence-corrected chi connectivity index (χ4v) is 5.11. The Morgan fingerprint density at radius 2 is 2.21 bits per heavy atom. The molecular weight excluding hydrogens is 396 g/mol. The number of thiophene rings is 1. The van der Waals surface area contributed by atoms with Gasteiger partial charge in [-0.25, -0.2) is 0 Å². The normalized spacial score (nSPS) is 17.4. The minimum Gasteiger partial charge on any atom is -0.324 e. The molecule has 28 heavy (non-hydrogen) atoms. The smallest absolute Gasteiger partial charge is 0.279 e. The molecule has 1 aromatic carbocycles.